The highest BCUT2D eigenvalue weighted by Gasteiger charge is 2.32. The summed E-state index contributed by atoms with van der Waals surface area (Å²) in [6.45, 7) is 2.73. The van der Waals surface area contributed by atoms with Crippen LogP contribution in [0.25, 0.3) is 0 Å². The normalized spacial score (nSPS) is 17.7. The number of amides is 3. The maximum Gasteiger partial charge on any atom is 0.317 e. The highest BCUT2D eigenvalue weighted by molar-refractivity contribution is 5.96. The molecule has 120 valence electrons. The van der Waals surface area contributed by atoms with E-state index in [9.17, 15) is 14.0 Å². The summed E-state index contributed by atoms with van der Waals surface area (Å²) in [5.74, 6) is -0.556. The molecule has 0 saturated carbocycles. The van der Waals surface area contributed by atoms with E-state index in [1.807, 2.05) is 6.92 Å². The fourth-order valence-electron chi connectivity index (χ4n) is 2.49. The van der Waals surface area contributed by atoms with Crippen molar-refractivity contribution in [2.45, 2.75) is 19.4 Å². The summed E-state index contributed by atoms with van der Waals surface area (Å²) < 4.78 is 13.3. The molecule has 6 nitrogen and oxygen atoms in total. The first-order valence-corrected chi connectivity index (χ1v) is 7.27. The molecule has 0 radical (unpaired) electrons. The summed E-state index contributed by atoms with van der Waals surface area (Å²) in [5.41, 5.74) is 0.490. The molecule has 2 rings (SSSR count). The summed E-state index contributed by atoms with van der Waals surface area (Å²) in [6.07, 6.45) is 0.179. The number of halogens is 1. The Morgan fingerprint density at radius 2 is 2.32 bits per heavy atom. The Labute approximate surface area is 128 Å². The van der Waals surface area contributed by atoms with Crippen LogP contribution < -0.4 is 10.2 Å². The van der Waals surface area contributed by atoms with E-state index < -0.39 is 5.82 Å². The van der Waals surface area contributed by atoms with E-state index in [1.54, 1.807) is 12.1 Å². The van der Waals surface area contributed by atoms with Gasteiger partial charge in [0.2, 0.25) is 5.91 Å². The molecule has 0 spiro atoms. The van der Waals surface area contributed by atoms with Crippen LogP contribution in [0, 0.1) is 5.82 Å². The molecule has 22 heavy (non-hydrogen) atoms. The van der Waals surface area contributed by atoms with Gasteiger partial charge in [-0.25, -0.2) is 9.18 Å². The number of rotatable bonds is 5. The lowest BCUT2D eigenvalue weighted by molar-refractivity contribution is -0.117. The summed E-state index contributed by atoms with van der Waals surface area (Å²) in [6, 6.07) is 5.19. The van der Waals surface area contributed by atoms with Crippen LogP contribution in [0.4, 0.5) is 14.9 Å². The van der Waals surface area contributed by atoms with Crippen LogP contribution in [-0.4, -0.2) is 54.2 Å². The Balaban J connectivity index is 1.99. The number of hydrogen-bond acceptors (Lipinski definition) is 3. The third kappa shape index (κ3) is 3.73. The lowest BCUT2D eigenvalue weighted by atomic mass is 10.2. The molecule has 1 fully saturated rings. The fourth-order valence-corrected chi connectivity index (χ4v) is 2.49. The zero-order valence-corrected chi connectivity index (χ0v) is 12.5. The maximum atomic E-state index is 13.3. The predicted molar refractivity (Wildman–Crippen MR) is 80.0 cm³/mol. The summed E-state index contributed by atoms with van der Waals surface area (Å²) in [4.78, 5) is 27.0. The van der Waals surface area contributed by atoms with Crippen LogP contribution in [0.15, 0.2) is 24.3 Å². The van der Waals surface area contributed by atoms with Crippen LogP contribution >= 0.6 is 0 Å². The van der Waals surface area contributed by atoms with Crippen molar-refractivity contribution in [3.05, 3.63) is 30.1 Å². The Morgan fingerprint density at radius 1 is 1.55 bits per heavy atom. The number of benzene rings is 1. The molecule has 1 atom stereocenters. The van der Waals surface area contributed by atoms with Crippen molar-refractivity contribution < 1.29 is 19.1 Å². The first kappa shape index (κ1) is 16.2. The number of aliphatic hydroxyl groups is 1. The average Bonchev–Trinajstić information content (AvgIpc) is 2.85. The minimum Gasteiger partial charge on any atom is -0.395 e. The summed E-state index contributed by atoms with van der Waals surface area (Å²) in [5, 5.41) is 11.7. The predicted octanol–water partition coefficient (Wildman–Crippen LogP) is 0.955. The van der Waals surface area contributed by atoms with Crippen LogP contribution in [0.2, 0.25) is 0 Å². The number of hydrogen-bond donors (Lipinski definition) is 2. The van der Waals surface area contributed by atoms with Gasteiger partial charge >= 0.3 is 6.03 Å². The van der Waals surface area contributed by atoms with E-state index in [0.717, 1.165) is 0 Å². The lowest BCUT2D eigenvalue weighted by Gasteiger charge is -2.23. The zero-order chi connectivity index (χ0) is 16.1. The molecule has 0 bridgehead atoms. The Morgan fingerprint density at radius 3 is 2.95 bits per heavy atom. The van der Waals surface area contributed by atoms with Gasteiger partial charge in [0.15, 0.2) is 0 Å². The smallest absolute Gasteiger partial charge is 0.317 e. The van der Waals surface area contributed by atoms with Crippen molar-refractivity contribution in [3.63, 3.8) is 0 Å². The van der Waals surface area contributed by atoms with Gasteiger partial charge in [0.1, 0.15) is 5.82 Å². The zero-order valence-electron chi connectivity index (χ0n) is 12.5. The first-order valence-electron chi connectivity index (χ1n) is 7.27. The number of nitrogens with zero attached hydrogens (tertiary/aromatic N) is 2. The molecule has 7 heteroatoms. The van der Waals surface area contributed by atoms with E-state index in [2.05, 4.69) is 5.32 Å². The molecule has 1 aromatic rings. The van der Waals surface area contributed by atoms with E-state index in [4.69, 9.17) is 5.11 Å². The highest BCUT2D eigenvalue weighted by Crippen LogP contribution is 2.22. The van der Waals surface area contributed by atoms with E-state index in [1.165, 1.54) is 21.9 Å². The fraction of sp³-hybridized carbons (Fsp3) is 0.467. The first-order chi connectivity index (χ1) is 10.5. The SMILES string of the molecule is CCN(CCO)C(=O)N[C@@H]1CC(=O)N(c2cccc(F)c2)C1. The van der Waals surface area contributed by atoms with Gasteiger partial charge in [0.25, 0.3) is 0 Å². The van der Waals surface area contributed by atoms with E-state index in [-0.39, 0.29) is 37.6 Å². The lowest BCUT2D eigenvalue weighted by Crippen LogP contribution is -2.46. The second kappa shape index (κ2) is 7.22. The number of carbonyl (C=O) groups excluding carboxylic acids is 2. The molecule has 1 heterocycles. The van der Waals surface area contributed by atoms with Crippen LogP contribution in [0.1, 0.15) is 13.3 Å². The number of anilines is 1. The Hall–Kier alpha value is -2.15. The molecule has 1 saturated heterocycles. The van der Waals surface area contributed by atoms with Crippen LogP contribution in [-0.2, 0) is 4.79 Å². The molecular weight excluding hydrogens is 289 g/mol. The van der Waals surface area contributed by atoms with Gasteiger partial charge in [-0.3, -0.25) is 4.79 Å². The number of nitrogens with one attached hydrogen (secondary N) is 1. The number of carbonyl (C=O) groups is 2. The summed E-state index contributed by atoms with van der Waals surface area (Å²) >= 11 is 0. The average molecular weight is 309 g/mol. The van der Waals surface area contributed by atoms with Crippen LogP contribution in [0.3, 0.4) is 0 Å². The van der Waals surface area contributed by atoms with Crippen molar-refractivity contribution >= 4 is 17.6 Å². The summed E-state index contributed by atoms with van der Waals surface area (Å²) in [7, 11) is 0. The van der Waals surface area contributed by atoms with Crippen molar-refractivity contribution in [3.8, 4) is 0 Å². The third-order valence-corrected chi connectivity index (χ3v) is 3.61. The van der Waals surface area contributed by atoms with Gasteiger partial charge < -0.3 is 20.2 Å². The molecule has 0 aromatic heterocycles. The maximum absolute atomic E-state index is 13.3. The second-order valence-electron chi connectivity index (χ2n) is 5.14. The third-order valence-electron chi connectivity index (χ3n) is 3.61. The molecule has 1 aromatic carbocycles. The van der Waals surface area contributed by atoms with Gasteiger partial charge in [-0.2, -0.15) is 0 Å². The quantitative estimate of drug-likeness (QED) is 0.851. The molecule has 3 amide bonds. The number of aliphatic hydroxyl groups excluding tert-OH is 1. The Bertz CT molecular complexity index is 553. The van der Waals surface area contributed by atoms with Crippen LogP contribution in [0.5, 0.6) is 0 Å². The highest BCUT2D eigenvalue weighted by atomic mass is 19.1. The monoisotopic (exact) mass is 309 g/mol. The minimum atomic E-state index is -0.405. The standard InChI is InChI=1S/C15H20FN3O3/c1-2-18(6-7-20)15(22)17-12-9-14(21)19(10-12)13-5-3-4-11(16)8-13/h3-5,8,12,20H,2,6-7,9-10H2,1H3,(H,17,22)/t12-/m1/s1. The minimum absolute atomic E-state index is 0.111. The molecule has 2 N–H and O–H groups in total. The largest absolute Gasteiger partial charge is 0.395 e. The van der Waals surface area contributed by atoms with Gasteiger partial charge in [0, 0.05) is 31.7 Å². The molecular formula is C15H20FN3O3. The molecule has 0 unspecified atom stereocenters. The molecule has 1 aliphatic heterocycles. The van der Waals surface area contributed by atoms with E-state index >= 15 is 0 Å². The Kier molecular flexibility index (Phi) is 5.32. The van der Waals surface area contributed by atoms with Crippen molar-refractivity contribution in [1.82, 2.24) is 10.2 Å². The number of urea groups is 1. The van der Waals surface area contributed by atoms with Gasteiger partial charge in [-0.15, -0.1) is 0 Å². The van der Waals surface area contributed by atoms with Gasteiger partial charge in [-0.1, -0.05) is 6.07 Å². The van der Waals surface area contributed by atoms with Crippen molar-refractivity contribution in [2.24, 2.45) is 0 Å². The second-order valence-corrected chi connectivity index (χ2v) is 5.14. The van der Waals surface area contributed by atoms with Crippen molar-refractivity contribution in [2.75, 3.05) is 31.1 Å². The van der Waals surface area contributed by atoms with Gasteiger partial charge in [-0.05, 0) is 25.1 Å². The topological polar surface area (TPSA) is 72.9 Å². The number of likely N-dealkylation sites (N-methyl/N-ethyl adjacent to an activating group) is 1. The van der Waals surface area contributed by atoms with Crippen molar-refractivity contribution in [1.29, 1.82) is 0 Å². The van der Waals surface area contributed by atoms with Gasteiger partial charge in [0.05, 0.1) is 12.6 Å². The molecule has 1 aliphatic rings. The van der Waals surface area contributed by atoms with E-state index in [0.29, 0.717) is 18.8 Å². The molecule has 0 aliphatic carbocycles.